The highest BCUT2D eigenvalue weighted by Gasteiger charge is 2.39. The lowest BCUT2D eigenvalue weighted by molar-refractivity contribution is 0.0537. The third kappa shape index (κ3) is 3.39. The van der Waals surface area contributed by atoms with E-state index in [-0.39, 0.29) is 24.1 Å². The van der Waals surface area contributed by atoms with Crippen LogP contribution in [0.1, 0.15) is 48.5 Å². The van der Waals surface area contributed by atoms with Crippen molar-refractivity contribution in [2.75, 3.05) is 6.61 Å². The van der Waals surface area contributed by atoms with Crippen LogP contribution in [-0.2, 0) is 4.74 Å². The highest BCUT2D eigenvalue weighted by Crippen LogP contribution is 2.45. The second-order valence-corrected chi connectivity index (χ2v) is 9.91. The van der Waals surface area contributed by atoms with Gasteiger partial charge in [-0.1, -0.05) is 72.8 Å². The molecule has 4 heteroatoms. The van der Waals surface area contributed by atoms with Crippen molar-refractivity contribution in [3.05, 3.63) is 102 Å². The normalized spacial score (nSPS) is 20.9. The molecular formula is C31H27NO3. The lowest BCUT2D eigenvalue weighted by Gasteiger charge is -2.44. The summed E-state index contributed by atoms with van der Waals surface area (Å²) in [4.78, 5) is 15.4. The fraction of sp³-hybridized carbons (Fsp3) is 0.258. The molecule has 0 radical (unpaired) electrons. The summed E-state index contributed by atoms with van der Waals surface area (Å²) in [7, 11) is 0. The van der Waals surface area contributed by atoms with Gasteiger partial charge in [-0.25, -0.2) is 4.79 Å². The summed E-state index contributed by atoms with van der Waals surface area (Å²) in [6.45, 7) is 0.364. The molecule has 1 aliphatic carbocycles. The van der Waals surface area contributed by atoms with E-state index >= 15 is 0 Å². The molecule has 0 N–H and O–H groups in total. The quantitative estimate of drug-likeness (QED) is 0.319. The largest absolute Gasteiger partial charge is 0.456 e. The number of nitrogens with zero attached hydrogens (tertiary/aromatic N) is 1. The topological polar surface area (TPSA) is 42.7 Å². The molecule has 0 saturated carbocycles. The molecule has 7 rings (SSSR count). The number of ether oxygens (including phenoxy) is 1. The molecule has 4 aromatic rings. The van der Waals surface area contributed by atoms with E-state index in [2.05, 4.69) is 66.7 Å². The zero-order chi connectivity index (χ0) is 23.4. The monoisotopic (exact) mass is 461 g/mol. The summed E-state index contributed by atoms with van der Waals surface area (Å²) in [6, 6.07) is 27.4. The fourth-order valence-corrected chi connectivity index (χ4v) is 6.31. The Hall–Kier alpha value is -3.79. The lowest BCUT2D eigenvalue weighted by Crippen LogP contribution is -2.51. The number of furan rings is 1. The molecule has 2 bridgehead atoms. The van der Waals surface area contributed by atoms with E-state index in [1.54, 1.807) is 0 Å². The van der Waals surface area contributed by atoms with Gasteiger partial charge in [0.15, 0.2) is 0 Å². The zero-order valence-corrected chi connectivity index (χ0v) is 19.5. The average Bonchev–Trinajstić information content (AvgIpc) is 3.46. The first-order chi connectivity index (χ1) is 17.3. The minimum Gasteiger partial charge on any atom is -0.456 e. The van der Waals surface area contributed by atoms with Crippen molar-refractivity contribution < 1.29 is 13.9 Å². The number of carbonyl (C=O) groups excluding carboxylic acids is 1. The predicted molar refractivity (Wildman–Crippen MR) is 137 cm³/mol. The molecule has 4 nitrogen and oxygen atoms in total. The maximum Gasteiger partial charge on any atom is 0.410 e. The number of hydrogen-bond donors (Lipinski definition) is 0. The van der Waals surface area contributed by atoms with E-state index in [0.717, 1.165) is 42.4 Å². The molecule has 2 atom stereocenters. The highest BCUT2D eigenvalue weighted by atomic mass is 16.6. The maximum atomic E-state index is 13.4. The van der Waals surface area contributed by atoms with Crippen molar-refractivity contribution in [1.29, 1.82) is 0 Å². The third-order valence-electron chi connectivity index (χ3n) is 7.93. The SMILES string of the molecule is O=C(OCC1c2ccccc2-c2ccccc21)N1C2C=C(c3cc4ccccc4o3)CC1CCC2. The molecule has 3 aromatic carbocycles. The Labute approximate surface area is 204 Å². The van der Waals surface area contributed by atoms with Gasteiger partial charge in [0.2, 0.25) is 0 Å². The van der Waals surface area contributed by atoms with E-state index < -0.39 is 0 Å². The van der Waals surface area contributed by atoms with Crippen LogP contribution in [0.15, 0.2) is 89.4 Å². The van der Waals surface area contributed by atoms with Gasteiger partial charge in [-0.2, -0.15) is 0 Å². The van der Waals surface area contributed by atoms with E-state index in [1.807, 2.05) is 23.1 Å². The Balaban J connectivity index is 1.12. The summed E-state index contributed by atoms with van der Waals surface area (Å²) in [5, 5.41) is 1.12. The summed E-state index contributed by atoms with van der Waals surface area (Å²) in [6.07, 6.45) is 5.94. The molecule has 1 aromatic heterocycles. The van der Waals surface area contributed by atoms with Gasteiger partial charge in [-0.05, 0) is 65.6 Å². The number of piperidine rings is 1. The van der Waals surface area contributed by atoms with Gasteiger partial charge in [0.1, 0.15) is 18.0 Å². The number of benzene rings is 3. The first kappa shape index (κ1) is 20.6. The van der Waals surface area contributed by atoms with Crippen LogP contribution < -0.4 is 0 Å². The number of amides is 1. The van der Waals surface area contributed by atoms with Gasteiger partial charge < -0.3 is 9.15 Å². The van der Waals surface area contributed by atoms with E-state index in [9.17, 15) is 4.79 Å². The maximum absolute atomic E-state index is 13.4. The summed E-state index contributed by atoms with van der Waals surface area (Å²) in [5.41, 5.74) is 7.10. The minimum absolute atomic E-state index is 0.0568. The number of rotatable bonds is 3. The van der Waals surface area contributed by atoms with Crippen molar-refractivity contribution >= 4 is 22.6 Å². The van der Waals surface area contributed by atoms with Crippen molar-refractivity contribution in [1.82, 2.24) is 4.90 Å². The number of carbonyl (C=O) groups is 1. The molecule has 2 unspecified atom stereocenters. The van der Waals surface area contributed by atoms with Crippen LogP contribution in [-0.4, -0.2) is 29.7 Å². The van der Waals surface area contributed by atoms with Gasteiger partial charge >= 0.3 is 6.09 Å². The first-order valence-electron chi connectivity index (χ1n) is 12.6. The van der Waals surface area contributed by atoms with Gasteiger partial charge in [-0.3, -0.25) is 4.90 Å². The molecule has 35 heavy (non-hydrogen) atoms. The van der Waals surface area contributed by atoms with E-state index in [0.29, 0.717) is 6.61 Å². The van der Waals surface area contributed by atoms with E-state index in [4.69, 9.17) is 9.15 Å². The molecular weight excluding hydrogens is 434 g/mol. The Morgan fingerprint density at radius 2 is 1.63 bits per heavy atom. The van der Waals surface area contributed by atoms with Crippen molar-refractivity contribution in [2.24, 2.45) is 0 Å². The predicted octanol–water partition coefficient (Wildman–Crippen LogP) is 7.39. The van der Waals surface area contributed by atoms with Crippen LogP contribution in [0.2, 0.25) is 0 Å². The molecule has 3 aliphatic rings. The third-order valence-corrected chi connectivity index (χ3v) is 7.93. The molecule has 1 fully saturated rings. The zero-order valence-electron chi connectivity index (χ0n) is 19.5. The second-order valence-electron chi connectivity index (χ2n) is 9.91. The molecule has 1 amide bonds. The van der Waals surface area contributed by atoms with Crippen LogP contribution >= 0.6 is 0 Å². The van der Waals surface area contributed by atoms with Crippen LogP contribution in [0, 0.1) is 0 Å². The van der Waals surface area contributed by atoms with Gasteiger partial charge in [0.25, 0.3) is 0 Å². The molecule has 3 heterocycles. The van der Waals surface area contributed by atoms with Crippen LogP contribution in [0.3, 0.4) is 0 Å². The van der Waals surface area contributed by atoms with Crippen molar-refractivity contribution in [3.8, 4) is 11.1 Å². The Morgan fingerprint density at radius 3 is 2.37 bits per heavy atom. The van der Waals surface area contributed by atoms with Gasteiger partial charge in [-0.15, -0.1) is 0 Å². The minimum atomic E-state index is -0.193. The lowest BCUT2D eigenvalue weighted by atomic mass is 9.84. The molecule has 0 spiro atoms. The molecule has 1 saturated heterocycles. The molecule has 2 aliphatic heterocycles. The number of para-hydroxylation sites is 1. The number of hydrogen-bond acceptors (Lipinski definition) is 3. The Bertz CT molecular complexity index is 1390. The van der Waals surface area contributed by atoms with Crippen molar-refractivity contribution in [3.63, 3.8) is 0 Å². The second kappa shape index (κ2) is 8.16. The summed E-state index contributed by atoms with van der Waals surface area (Å²) < 4.78 is 12.2. The highest BCUT2D eigenvalue weighted by molar-refractivity contribution is 5.83. The number of fused-ring (bicyclic) bond motifs is 6. The van der Waals surface area contributed by atoms with Gasteiger partial charge in [0, 0.05) is 17.3 Å². The first-order valence-corrected chi connectivity index (χ1v) is 12.6. The summed E-state index contributed by atoms with van der Waals surface area (Å²) in [5.74, 6) is 1.01. The fourth-order valence-electron chi connectivity index (χ4n) is 6.31. The van der Waals surface area contributed by atoms with Crippen LogP contribution in [0.4, 0.5) is 4.79 Å². The Morgan fingerprint density at radius 1 is 0.914 bits per heavy atom. The molecule has 174 valence electrons. The van der Waals surface area contributed by atoms with Crippen molar-refractivity contribution in [2.45, 2.75) is 43.7 Å². The van der Waals surface area contributed by atoms with E-state index in [1.165, 1.54) is 27.8 Å². The van der Waals surface area contributed by atoms with Gasteiger partial charge in [0.05, 0.1) is 6.04 Å². The Kier molecular flexibility index (Phi) is 4.80. The average molecular weight is 462 g/mol. The van der Waals surface area contributed by atoms with Crippen LogP contribution in [0.5, 0.6) is 0 Å². The van der Waals surface area contributed by atoms with Crippen LogP contribution in [0.25, 0.3) is 27.7 Å². The summed E-state index contributed by atoms with van der Waals surface area (Å²) >= 11 is 0. The smallest absolute Gasteiger partial charge is 0.410 e. The standard InChI is InChI=1S/C31H27NO3/c33-31(34-19-28-26-13-4-2-11-24(26)25-12-3-5-14-27(25)28)32-22-9-7-10-23(32)17-21(16-22)30-18-20-8-1-6-15-29(20)35-30/h1-6,8,11-16,18,22-23,28H,7,9-10,17,19H2.